The van der Waals surface area contributed by atoms with E-state index >= 15 is 0 Å². The molecule has 1 heterocycles. The highest BCUT2D eigenvalue weighted by Gasteiger charge is 2.17. The van der Waals surface area contributed by atoms with Crippen molar-refractivity contribution < 1.29 is 4.79 Å². The first kappa shape index (κ1) is 17.5. The Morgan fingerprint density at radius 1 is 1.24 bits per heavy atom. The van der Waals surface area contributed by atoms with Gasteiger partial charge < -0.3 is 5.32 Å². The Hall–Kier alpha value is -2.37. The molecule has 0 aliphatic rings. The van der Waals surface area contributed by atoms with Crippen molar-refractivity contribution >= 4 is 34.8 Å². The number of hydrogen-bond donors (Lipinski definition) is 1. The Labute approximate surface area is 155 Å². The van der Waals surface area contributed by atoms with Crippen LogP contribution in [0.15, 0.2) is 36.4 Å². The summed E-state index contributed by atoms with van der Waals surface area (Å²) in [5.74, 6) is -0.305. The minimum Gasteiger partial charge on any atom is -0.320 e. The number of amides is 1. The van der Waals surface area contributed by atoms with Gasteiger partial charge in [-0.2, -0.15) is 0 Å². The fourth-order valence-electron chi connectivity index (χ4n) is 2.37. The van der Waals surface area contributed by atoms with Gasteiger partial charge in [-0.25, -0.2) is 4.68 Å². The summed E-state index contributed by atoms with van der Waals surface area (Å²) in [5, 5.41) is 11.9. The third-order valence-corrected chi connectivity index (χ3v) is 4.56. The van der Waals surface area contributed by atoms with E-state index in [-0.39, 0.29) is 11.6 Å². The van der Waals surface area contributed by atoms with Gasteiger partial charge in [-0.15, -0.1) is 5.10 Å². The van der Waals surface area contributed by atoms with E-state index in [0.717, 1.165) is 11.1 Å². The summed E-state index contributed by atoms with van der Waals surface area (Å²) in [4.78, 5) is 12.5. The Balaban J connectivity index is 1.79. The number of carbonyl (C=O) groups excluding carboxylic acids is 1. The van der Waals surface area contributed by atoms with E-state index in [4.69, 9.17) is 23.2 Å². The molecule has 0 saturated heterocycles. The van der Waals surface area contributed by atoms with Gasteiger partial charge in [0.25, 0.3) is 5.91 Å². The molecule has 0 unspecified atom stereocenters. The van der Waals surface area contributed by atoms with Crippen molar-refractivity contribution in [1.82, 2.24) is 15.0 Å². The maximum Gasteiger partial charge on any atom is 0.278 e. The third-order valence-electron chi connectivity index (χ3n) is 3.83. The summed E-state index contributed by atoms with van der Waals surface area (Å²) in [6.45, 7) is 4.13. The Bertz CT molecular complexity index is 937. The highest BCUT2D eigenvalue weighted by Crippen LogP contribution is 2.23. The molecule has 1 N–H and O–H groups in total. The first-order valence-corrected chi connectivity index (χ1v) is 8.34. The number of benzene rings is 2. The molecule has 3 aromatic rings. The average molecular weight is 374 g/mol. The lowest BCUT2D eigenvalue weighted by Gasteiger charge is -2.07. The molecule has 0 atom stereocenters. The Kier molecular flexibility index (Phi) is 5.06. The molecule has 25 heavy (non-hydrogen) atoms. The summed E-state index contributed by atoms with van der Waals surface area (Å²) >= 11 is 12.0. The van der Waals surface area contributed by atoms with Crippen LogP contribution in [0.4, 0.5) is 5.69 Å². The van der Waals surface area contributed by atoms with E-state index in [1.165, 1.54) is 0 Å². The van der Waals surface area contributed by atoms with Crippen molar-refractivity contribution in [3.05, 3.63) is 75.0 Å². The van der Waals surface area contributed by atoms with Gasteiger partial charge in [0, 0.05) is 5.69 Å². The second-order valence-corrected chi connectivity index (χ2v) is 6.41. The molecule has 3 rings (SSSR count). The standard InChI is InChI=1S/C18H15Cl2N4O/c1-11-5-3-4-6-16(11)21-18(25)17-12(2)24(23-22-17)10-13-7-8-14(19)15(20)9-13/h3-4,6-9H,10H2,1-2H3,(H,21,25). The molecule has 0 aliphatic heterocycles. The lowest BCUT2D eigenvalue weighted by molar-refractivity contribution is 0.102. The first-order chi connectivity index (χ1) is 12.0. The van der Waals surface area contributed by atoms with Crippen molar-refractivity contribution in [1.29, 1.82) is 0 Å². The summed E-state index contributed by atoms with van der Waals surface area (Å²) in [6.07, 6.45) is 0. The van der Waals surface area contributed by atoms with Gasteiger partial charge in [0.2, 0.25) is 0 Å². The van der Waals surface area contributed by atoms with Crippen molar-refractivity contribution in [3.63, 3.8) is 0 Å². The van der Waals surface area contributed by atoms with Gasteiger partial charge in [0.15, 0.2) is 5.69 Å². The van der Waals surface area contributed by atoms with Crippen LogP contribution >= 0.6 is 23.2 Å². The molecule has 0 bridgehead atoms. The van der Waals surface area contributed by atoms with E-state index < -0.39 is 0 Å². The van der Waals surface area contributed by atoms with Crippen LogP contribution < -0.4 is 5.32 Å². The molecule has 0 aliphatic carbocycles. The number of nitrogens with zero attached hydrogens (tertiary/aromatic N) is 3. The molecule has 127 valence electrons. The molecule has 1 amide bonds. The Morgan fingerprint density at radius 3 is 2.76 bits per heavy atom. The number of rotatable bonds is 4. The molecule has 5 nitrogen and oxygen atoms in total. The topological polar surface area (TPSA) is 59.8 Å². The van der Waals surface area contributed by atoms with Crippen LogP contribution in [0.1, 0.15) is 27.3 Å². The van der Waals surface area contributed by atoms with E-state index in [2.05, 4.69) is 21.7 Å². The van der Waals surface area contributed by atoms with Gasteiger partial charge in [-0.05, 0) is 49.2 Å². The average Bonchev–Trinajstić information content (AvgIpc) is 2.94. The second-order valence-electron chi connectivity index (χ2n) is 5.59. The van der Waals surface area contributed by atoms with Crippen LogP contribution in [0.5, 0.6) is 0 Å². The van der Waals surface area contributed by atoms with Crippen molar-refractivity contribution in [3.8, 4) is 0 Å². The molecular formula is C18H15Cl2N4O. The Morgan fingerprint density at radius 2 is 2.04 bits per heavy atom. The minimum atomic E-state index is -0.305. The monoisotopic (exact) mass is 373 g/mol. The molecular weight excluding hydrogens is 359 g/mol. The number of aryl methyl sites for hydroxylation is 1. The number of carbonyl (C=O) groups is 1. The zero-order valence-electron chi connectivity index (χ0n) is 13.7. The SMILES string of the molecule is Cc1[c]cccc1NC(=O)c1nnn(Cc2ccc(Cl)c(Cl)c2)c1C. The number of halogens is 2. The van der Waals surface area contributed by atoms with E-state index in [1.807, 2.05) is 25.1 Å². The van der Waals surface area contributed by atoms with Crippen LogP contribution in [0, 0.1) is 19.9 Å². The predicted octanol–water partition coefficient (Wildman–Crippen LogP) is 4.30. The molecule has 0 spiro atoms. The zero-order chi connectivity index (χ0) is 18.0. The van der Waals surface area contributed by atoms with Crippen LogP contribution in [0.2, 0.25) is 10.0 Å². The minimum absolute atomic E-state index is 0.281. The lowest BCUT2D eigenvalue weighted by Crippen LogP contribution is -2.15. The predicted molar refractivity (Wildman–Crippen MR) is 98.3 cm³/mol. The van der Waals surface area contributed by atoms with Crippen LogP contribution in [-0.4, -0.2) is 20.9 Å². The van der Waals surface area contributed by atoms with Crippen molar-refractivity contribution in [2.45, 2.75) is 20.4 Å². The van der Waals surface area contributed by atoms with Gasteiger partial charge in [0.1, 0.15) is 0 Å². The van der Waals surface area contributed by atoms with Gasteiger partial charge in [0.05, 0.1) is 22.3 Å². The van der Waals surface area contributed by atoms with E-state index in [0.29, 0.717) is 28.0 Å². The fraction of sp³-hybridized carbons (Fsp3) is 0.167. The maximum absolute atomic E-state index is 12.5. The van der Waals surface area contributed by atoms with Gasteiger partial charge >= 0.3 is 0 Å². The van der Waals surface area contributed by atoms with Crippen LogP contribution in [0.25, 0.3) is 0 Å². The molecule has 2 aromatic carbocycles. The number of aromatic nitrogens is 3. The van der Waals surface area contributed by atoms with Gasteiger partial charge in [-0.1, -0.05) is 46.6 Å². The largest absolute Gasteiger partial charge is 0.320 e. The molecule has 0 saturated carbocycles. The summed E-state index contributed by atoms with van der Waals surface area (Å²) in [6, 6.07) is 13.8. The summed E-state index contributed by atoms with van der Waals surface area (Å²) in [5.41, 5.74) is 3.43. The second kappa shape index (κ2) is 7.25. The zero-order valence-corrected chi connectivity index (χ0v) is 15.2. The highest BCUT2D eigenvalue weighted by molar-refractivity contribution is 6.42. The number of hydrogen-bond acceptors (Lipinski definition) is 3. The van der Waals surface area contributed by atoms with Crippen molar-refractivity contribution in [2.75, 3.05) is 5.32 Å². The van der Waals surface area contributed by atoms with E-state index in [9.17, 15) is 4.79 Å². The van der Waals surface area contributed by atoms with Crippen LogP contribution in [-0.2, 0) is 6.54 Å². The smallest absolute Gasteiger partial charge is 0.278 e. The molecule has 1 radical (unpaired) electrons. The van der Waals surface area contributed by atoms with Crippen LogP contribution in [0.3, 0.4) is 0 Å². The molecule has 7 heteroatoms. The van der Waals surface area contributed by atoms with Gasteiger partial charge in [-0.3, -0.25) is 4.79 Å². The van der Waals surface area contributed by atoms with E-state index in [1.54, 1.807) is 29.8 Å². The number of anilines is 1. The molecule has 1 aromatic heterocycles. The maximum atomic E-state index is 12.5. The summed E-state index contributed by atoms with van der Waals surface area (Å²) < 4.78 is 1.65. The molecule has 0 fully saturated rings. The lowest BCUT2D eigenvalue weighted by atomic mass is 10.2. The quantitative estimate of drug-likeness (QED) is 0.741. The first-order valence-electron chi connectivity index (χ1n) is 7.58. The summed E-state index contributed by atoms with van der Waals surface area (Å²) in [7, 11) is 0. The fourth-order valence-corrected chi connectivity index (χ4v) is 2.69. The van der Waals surface area contributed by atoms with Crippen molar-refractivity contribution in [2.24, 2.45) is 0 Å². The normalized spacial score (nSPS) is 10.7. The third kappa shape index (κ3) is 3.83. The number of nitrogens with one attached hydrogen (secondary N) is 1. The highest BCUT2D eigenvalue weighted by atomic mass is 35.5.